The fourth-order valence-corrected chi connectivity index (χ4v) is 1.42. The summed E-state index contributed by atoms with van der Waals surface area (Å²) in [5, 5.41) is 8.67. The number of rotatable bonds is 3. The van der Waals surface area contributed by atoms with Crippen LogP contribution in [0.1, 0.15) is 5.69 Å². The van der Waals surface area contributed by atoms with Gasteiger partial charge in [0.2, 0.25) is 0 Å². The molecule has 0 bridgehead atoms. The molecular weight excluding hydrogens is 204 g/mol. The largest absolute Gasteiger partial charge is 0.481 e. The average molecular weight is 214 g/mol. The molecule has 0 fully saturated rings. The highest BCUT2D eigenvalue weighted by Crippen LogP contribution is 2.16. The van der Waals surface area contributed by atoms with Gasteiger partial charge in [-0.3, -0.25) is 14.8 Å². The predicted octanol–water partition coefficient (Wildman–Crippen LogP) is 1.77. The third-order valence-electron chi connectivity index (χ3n) is 2.11. The maximum atomic E-state index is 10.6. The first-order valence-electron chi connectivity index (χ1n) is 4.84. The van der Waals surface area contributed by atoms with Crippen LogP contribution in [0.2, 0.25) is 0 Å². The number of nitrogens with zero attached hydrogens (tertiary/aromatic N) is 2. The number of carboxylic acids is 1. The molecule has 0 saturated carbocycles. The number of aliphatic carboxylic acids is 1. The summed E-state index contributed by atoms with van der Waals surface area (Å²) in [5.41, 5.74) is 2.24. The van der Waals surface area contributed by atoms with Crippen molar-refractivity contribution >= 4 is 5.97 Å². The first-order chi connectivity index (χ1) is 7.75. The summed E-state index contributed by atoms with van der Waals surface area (Å²) in [6, 6.07) is 9.16. The van der Waals surface area contributed by atoms with Crippen LogP contribution in [0.25, 0.3) is 11.3 Å². The average Bonchev–Trinajstić information content (AvgIpc) is 2.30. The molecule has 0 spiro atoms. The van der Waals surface area contributed by atoms with E-state index in [0.717, 1.165) is 11.3 Å². The van der Waals surface area contributed by atoms with Gasteiger partial charge in [0.05, 0.1) is 17.8 Å². The highest BCUT2D eigenvalue weighted by Gasteiger charge is 2.04. The lowest BCUT2D eigenvalue weighted by atomic mass is 10.1. The van der Waals surface area contributed by atoms with Gasteiger partial charge in [0.25, 0.3) is 0 Å². The van der Waals surface area contributed by atoms with Gasteiger partial charge >= 0.3 is 5.97 Å². The summed E-state index contributed by atoms with van der Waals surface area (Å²) in [6.07, 6.45) is 3.23. The van der Waals surface area contributed by atoms with E-state index in [0.29, 0.717) is 5.69 Å². The Morgan fingerprint density at radius 3 is 2.75 bits per heavy atom. The van der Waals surface area contributed by atoms with E-state index >= 15 is 0 Å². The summed E-state index contributed by atoms with van der Waals surface area (Å²) >= 11 is 0. The van der Waals surface area contributed by atoms with Crippen LogP contribution < -0.4 is 0 Å². The zero-order chi connectivity index (χ0) is 11.4. The molecule has 1 N–H and O–H groups in total. The van der Waals surface area contributed by atoms with Gasteiger partial charge in [-0.15, -0.1) is 0 Å². The van der Waals surface area contributed by atoms with Crippen LogP contribution in [0.4, 0.5) is 0 Å². The smallest absolute Gasteiger partial charge is 0.309 e. The molecule has 0 radical (unpaired) electrons. The van der Waals surface area contributed by atoms with Gasteiger partial charge in [-0.2, -0.15) is 0 Å². The third-order valence-corrected chi connectivity index (χ3v) is 2.11. The van der Waals surface area contributed by atoms with Gasteiger partial charge in [-0.25, -0.2) is 0 Å². The zero-order valence-electron chi connectivity index (χ0n) is 8.50. The topological polar surface area (TPSA) is 63.1 Å². The van der Waals surface area contributed by atoms with E-state index in [1.807, 2.05) is 24.3 Å². The molecule has 2 aromatic rings. The van der Waals surface area contributed by atoms with Crippen molar-refractivity contribution in [1.29, 1.82) is 0 Å². The van der Waals surface area contributed by atoms with Crippen molar-refractivity contribution in [2.24, 2.45) is 0 Å². The van der Waals surface area contributed by atoms with Crippen molar-refractivity contribution < 1.29 is 9.90 Å². The molecule has 80 valence electrons. The predicted molar refractivity (Wildman–Crippen MR) is 58.8 cm³/mol. The van der Waals surface area contributed by atoms with Crippen LogP contribution in [0.5, 0.6) is 0 Å². The second-order valence-corrected chi connectivity index (χ2v) is 3.32. The standard InChI is InChI=1S/C12H10N2O2/c15-12(16)8-10-7-9(4-6-13-10)11-3-1-2-5-14-11/h1-7H,8H2,(H,15,16). The number of carboxylic acid groups (broad SMARTS) is 1. The van der Waals surface area contributed by atoms with Gasteiger partial charge in [0, 0.05) is 18.0 Å². The minimum atomic E-state index is -0.884. The van der Waals surface area contributed by atoms with Crippen molar-refractivity contribution in [3.63, 3.8) is 0 Å². The second-order valence-electron chi connectivity index (χ2n) is 3.32. The minimum absolute atomic E-state index is 0.0688. The van der Waals surface area contributed by atoms with Crippen LogP contribution in [0, 0.1) is 0 Å². The van der Waals surface area contributed by atoms with Crippen LogP contribution >= 0.6 is 0 Å². The maximum absolute atomic E-state index is 10.6. The molecule has 0 amide bonds. The van der Waals surface area contributed by atoms with E-state index in [9.17, 15) is 4.79 Å². The first-order valence-corrected chi connectivity index (χ1v) is 4.84. The summed E-state index contributed by atoms with van der Waals surface area (Å²) in [6.45, 7) is 0. The number of carbonyl (C=O) groups is 1. The Morgan fingerprint density at radius 1 is 1.19 bits per heavy atom. The molecule has 2 rings (SSSR count). The van der Waals surface area contributed by atoms with Crippen LogP contribution in [-0.4, -0.2) is 21.0 Å². The number of hydrogen-bond donors (Lipinski definition) is 1. The SMILES string of the molecule is O=C(O)Cc1cc(-c2ccccn2)ccn1. The quantitative estimate of drug-likeness (QED) is 0.845. The Morgan fingerprint density at radius 2 is 2.06 bits per heavy atom. The van der Waals surface area contributed by atoms with E-state index < -0.39 is 5.97 Å². The lowest BCUT2D eigenvalue weighted by Gasteiger charge is -2.01. The Labute approximate surface area is 92.6 Å². The Hall–Kier alpha value is -2.23. The van der Waals surface area contributed by atoms with E-state index in [1.165, 1.54) is 0 Å². The van der Waals surface area contributed by atoms with Crippen molar-refractivity contribution in [3.05, 3.63) is 48.4 Å². The van der Waals surface area contributed by atoms with Gasteiger partial charge in [-0.05, 0) is 24.3 Å². The van der Waals surface area contributed by atoms with Crippen LogP contribution in [-0.2, 0) is 11.2 Å². The van der Waals surface area contributed by atoms with Crippen LogP contribution in [0.15, 0.2) is 42.7 Å². The van der Waals surface area contributed by atoms with E-state index in [2.05, 4.69) is 9.97 Å². The highest BCUT2D eigenvalue weighted by atomic mass is 16.4. The molecule has 0 atom stereocenters. The zero-order valence-corrected chi connectivity index (χ0v) is 8.50. The van der Waals surface area contributed by atoms with E-state index in [4.69, 9.17) is 5.11 Å². The molecule has 4 heteroatoms. The fraction of sp³-hybridized carbons (Fsp3) is 0.0833. The second kappa shape index (κ2) is 4.53. The Bertz CT molecular complexity index is 497. The maximum Gasteiger partial charge on any atom is 0.309 e. The number of aromatic nitrogens is 2. The molecule has 0 aliphatic rings. The molecule has 0 aliphatic heterocycles. The summed E-state index contributed by atoms with van der Waals surface area (Å²) in [5.74, 6) is -0.884. The molecule has 0 saturated heterocycles. The molecule has 0 aliphatic carbocycles. The van der Waals surface area contributed by atoms with Gasteiger partial charge in [0.1, 0.15) is 0 Å². The van der Waals surface area contributed by atoms with Crippen molar-refractivity contribution in [1.82, 2.24) is 9.97 Å². The van der Waals surface area contributed by atoms with Gasteiger partial charge in [-0.1, -0.05) is 6.07 Å². The van der Waals surface area contributed by atoms with Crippen molar-refractivity contribution in [2.45, 2.75) is 6.42 Å². The fourth-order valence-electron chi connectivity index (χ4n) is 1.42. The van der Waals surface area contributed by atoms with E-state index in [1.54, 1.807) is 18.5 Å². The molecule has 0 unspecified atom stereocenters. The van der Waals surface area contributed by atoms with Crippen molar-refractivity contribution in [2.75, 3.05) is 0 Å². The number of hydrogen-bond acceptors (Lipinski definition) is 3. The molecule has 4 nitrogen and oxygen atoms in total. The summed E-state index contributed by atoms with van der Waals surface area (Å²) in [4.78, 5) is 18.8. The Balaban J connectivity index is 2.33. The molecule has 16 heavy (non-hydrogen) atoms. The van der Waals surface area contributed by atoms with Gasteiger partial charge in [0.15, 0.2) is 0 Å². The minimum Gasteiger partial charge on any atom is -0.481 e. The highest BCUT2D eigenvalue weighted by molar-refractivity contribution is 5.70. The summed E-state index contributed by atoms with van der Waals surface area (Å²) in [7, 11) is 0. The molecule has 2 aromatic heterocycles. The molecule has 0 aromatic carbocycles. The lowest BCUT2D eigenvalue weighted by molar-refractivity contribution is -0.136. The first kappa shape index (κ1) is 10.3. The monoisotopic (exact) mass is 214 g/mol. The number of pyridine rings is 2. The van der Waals surface area contributed by atoms with Crippen molar-refractivity contribution in [3.8, 4) is 11.3 Å². The third kappa shape index (κ3) is 2.42. The molecular formula is C12H10N2O2. The summed E-state index contributed by atoms with van der Waals surface area (Å²) < 4.78 is 0. The van der Waals surface area contributed by atoms with Crippen LogP contribution in [0.3, 0.4) is 0 Å². The van der Waals surface area contributed by atoms with Gasteiger partial charge < -0.3 is 5.11 Å². The normalized spacial score (nSPS) is 10.0. The van der Waals surface area contributed by atoms with E-state index in [-0.39, 0.29) is 6.42 Å². The Kier molecular flexibility index (Phi) is 2.91. The lowest BCUT2D eigenvalue weighted by Crippen LogP contribution is -2.02. The molecule has 2 heterocycles.